The number of anilines is 1. The van der Waals surface area contributed by atoms with Crippen LogP contribution in [0.15, 0.2) is 43.0 Å². The van der Waals surface area contributed by atoms with Crippen molar-refractivity contribution in [1.82, 2.24) is 4.90 Å². The van der Waals surface area contributed by atoms with Gasteiger partial charge in [-0.3, -0.25) is 4.79 Å². The van der Waals surface area contributed by atoms with Crippen LogP contribution in [0, 0.1) is 0 Å². The van der Waals surface area contributed by atoms with Gasteiger partial charge in [0.15, 0.2) is 0 Å². The van der Waals surface area contributed by atoms with Gasteiger partial charge in [0.05, 0.1) is 0 Å². The highest BCUT2D eigenvalue weighted by atomic mass is 16.2. The summed E-state index contributed by atoms with van der Waals surface area (Å²) in [5.41, 5.74) is 7.26. The highest BCUT2D eigenvalue weighted by molar-refractivity contribution is 5.91. The monoisotopic (exact) mass is 230 g/mol. The number of carbonyl (C=O) groups is 1. The van der Waals surface area contributed by atoms with Crippen molar-refractivity contribution in [3.8, 4) is 0 Å². The first kappa shape index (κ1) is 13.0. The van der Waals surface area contributed by atoms with Crippen LogP contribution in [0.2, 0.25) is 0 Å². The summed E-state index contributed by atoms with van der Waals surface area (Å²) < 4.78 is 0. The van der Waals surface area contributed by atoms with E-state index in [1.807, 2.05) is 31.2 Å². The Balaban J connectivity index is 2.66. The normalized spacial score (nSPS) is 10.4. The maximum absolute atomic E-state index is 11.8. The minimum absolute atomic E-state index is 0.00998. The average Bonchev–Trinajstić information content (AvgIpc) is 2.35. The van der Waals surface area contributed by atoms with Crippen molar-refractivity contribution in [3.05, 3.63) is 48.6 Å². The lowest BCUT2D eigenvalue weighted by atomic mass is 10.2. The van der Waals surface area contributed by atoms with Crippen LogP contribution in [-0.2, 0) is 4.79 Å². The van der Waals surface area contributed by atoms with E-state index in [0.717, 1.165) is 11.3 Å². The Kier molecular flexibility index (Phi) is 5.01. The number of benzene rings is 1. The summed E-state index contributed by atoms with van der Waals surface area (Å²) in [7, 11) is 0. The van der Waals surface area contributed by atoms with Crippen LogP contribution in [-0.4, -0.2) is 23.9 Å². The lowest BCUT2D eigenvalue weighted by Crippen LogP contribution is -2.29. The van der Waals surface area contributed by atoms with Crippen molar-refractivity contribution in [2.24, 2.45) is 0 Å². The van der Waals surface area contributed by atoms with Crippen LogP contribution in [0.3, 0.4) is 0 Å². The zero-order valence-electron chi connectivity index (χ0n) is 10.1. The third-order valence-electron chi connectivity index (χ3n) is 2.40. The van der Waals surface area contributed by atoms with Crippen LogP contribution in [0.1, 0.15) is 12.5 Å². The molecule has 1 aromatic rings. The fourth-order valence-electron chi connectivity index (χ4n) is 1.41. The molecule has 0 bridgehead atoms. The fraction of sp³-hybridized carbons (Fsp3) is 0.214. The van der Waals surface area contributed by atoms with Gasteiger partial charge in [0.1, 0.15) is 0 Å². The maximum Gasteiger partial charge on any atom is 0.246 e. The van der Waals surface area contributed by atoms with Gasteiger partial charge in [0.25, 0.3) is 0 Å². The molecule has 0 unspecified atom stereocenters. The third kappa shape index (κ3) is 4.15. The molecule has 0 aliphatic carbocycles. The number of nitrogens with two attached hydrogens (primary N) is 1. The number of hydrogen-bond donors (Lipinski definition) is 1. The van der Waals surface area contributed by atoms with Crippen LogP contribution in [0.25, 0.3) is 6.08 Å². The summed E-state index contributed by atoms with van der Waals surface area (Å²) in [6.45, 7) is 6.82. The first-order valence-corrected chi connectivity index (χ1v) is 5.60. The molecule has 0 radical (unpaired) electrons. The SMILES string of the molecule is C=CCN(CC)C(=O)/C=C/c1ccc(N)cc1. The molecule has 0 saturated heterocycles. The van der Waals surface area contributed by atoms with Crippen LogP contribution in [0.5, 0.6) is 0 Å². The van der Waals surface area contributed by atoms with Crippen molar-refractivity contribution >= 4 is 17.7 Å². The molecular weight excluding hydrogens is 212 g/mol. The largest absolute Gasteiger partial charge is 0.399 e. The molecule has 2 N–H and O–H groups in total. The first-order valence-electron chi connectivity index (χ1n) is 5.60. The Hall–Kier alpha value is -2.03. The lowest BCUT2D eigenvalue weighted by molar-refractivity contribution is -0.125. The average molecular weight is 230 g/mol. The van der Waals surface area contributed by atoms with E-state index in [2.05, 4.69) is 6.58 Å². The summed E-state index contributed by atoms with van der Waals surface area (Å²) in [6.07, 6.45) is 5.07. The van der Waals surface area contributed by atoms with Gasteiger partial charge < -0.3 is 10.6 Å². The molecule has 0 heterocycles. The van der Waals surface area contributed by atoms with E-state index in [0.29, 0.717) is 13.1 Å². The predicted molar refractivity (Wildman–Crippen MR) is 72.3 cm³/mol. The van der Waals surface area contributed by atoms with Gasteiger partial charge >= 0.3 is 0 Å². The Morgan fingerprint density at radius 1 is 1.41 bits per heavy atom. The van der Waals surface area contributed by atoms with Gasteiger partial charge in [-0.25, -0.2) is 0 Å². The zero-order valence-corrected chi connectivity index (χ0v) is 10.1. The molecule has 1 rings (SSSR count). The summed E-state index contributed by atoms with van der Waals surface area (Å²) >= 11 is 0. The second-order valence-corrected chi connectivity index (χ2v) is 3.67. The number of carbonyl (C=O) groups excluding carboxylic acids is 1. The van der Waals surface area contributed by atoms with Gasteiger partial charge in [-0.2, -0.15) is 0 Å². The second-order valence-electron chi connectivity index (χ2n) is 3.67. The van der Waals surface area contributed by atoms with Gasteiger partial charge in [0, 0.05) is 24.9 Å². The number of rotatable bonds is 5. The smallest absolute Gasteiger partial charge is 0.246 e. The molecule has 17 heavy (non-hydrogen) atoms. The summed E-state index contributed by atoms with van der Waals surface area (Å²) in [6, 6.07) is 7.38. The van der Waals surface area contributed by atoms with E-state index in [9.17, 15) is 4.79 Å². The van der Waals surface area contributed by atoms with Gasteiger partial charge in [-0.1, -0.05) is 18.2 Å². The predicted octanol–water partition coefficient (Wildman–Crippen LogP) is 2.32. The van der Waals surface area contributed by atoms with Crippen molar-refractivity contribution < 1.29 is 4.79 Å². The standard InChI is InChI=1S/C14H18N2O/c1-3-11-16(4-2)14(17)10-7-12-5-8-13(15)9-6-12/h3,5-10H,1,4,11,15H2,2H3/b10-7+. The molecule has 0 spiro atoms. The number of hydrogen-bond acceptors (Lipinski definition) is 2. The Bertz CT molecular complexity index is 407. The van der Waals surface area contributed by atoms with E-state index in [1.165, 1.54) is 0 Å². The van der Waals surface area contributed by atoms with Crippen molar-refractivity contribution in [1.29, 1.82) is 0 Å². The highest BCUT2D eigenvalue weighted by Gasteiger charge is 2.04. The van der Waals surface area contributed by atoms with Gasteiger partial charge in [0.2, 0.25) is 5.91 Å². The lowest BCUT2D eigenvalue weighted by Gasteiger charge is -2.16. The second kappa shape index (κ2) is 6.53. The molecule has 1 aromatic carbocycles. The van der Waals surface area contributed by atoms with E-state index in [1.54, 1.807) is 23.1 Å². The Morgan fingerprint density at radius 2 is 2.06 bits per heavy atom. The van der Waals surface area contributed by atoms with Crippen LogP contribution in [0.4, 0.5) is 5.69 Å². The molecule has 3 nitrogen and oxygen atoms in total. The molecule has 90 valence electrons. The number of likely N-dealkylation sites (N-methyl/N-ethyl adjacent to an activating group) is 1. The third-order valence-corrected chi connectivity index (χ3v) is 2.40. The summed E-state index contributed by atoms with van der Waals surface area (Å²) in [5, 5.41) is 0. The molecule has 0 aromatic heterocycles. The molecule has 1 amide bonds. The zero-order chi connectivity index (χ0) is 12.7. The first-order chi connectivity index (χ1) is 8.17. The fourth-order valence-corrected chi connectivity index (χ4v) is 1.41. The molecule has 0 aliphatic heterocycles. The molecule has 0 aliphatic rings. The quantitative estimate of drug-likeness (QED) is 0.479. The van der Waals surface area contributed by atoms with Crippen molar-refractivity contribution in [2.45, 2.75) is 6.92 Å². The number of nitrogens with zero attached hydrogens (tertiary/aromatic N) is 1. The van der Waals surface area contributed by atoms with E-state index >= 15 is 0 Å². The van der Waals surface area contributed by atoms with Crippen molar-refractivity contribution in [3.63, 3.8) is 0 Å². The molecule has 0 fully saturated rings. The van der Waals surface area contributed by atoms with E-state index in [-0.39, 0.29) is 5.91 Å². The minimum atomic E-state index is -0.00998. The van der Waals surface area contributed by atoms with Crippen molar-refractivity contribution in [2.75, 3.05) is 18.8 Å². The molecule has 3 heteroatoms. The highest BCUT2D eigenvalue weighted by Crippen LogP contribution is 2.07. The molecular formula is C14H18N2O. The minimum Gasteiger partial charge on any atom is -0.399 e. The van der Waals surface area contributed by atoms with Gasteiger partial charge in [-0.05, 0) is 30.7 Å². The molecule has 0 saturated carbocycles. The van der Waals surface area contributed by atoms with Crippen LogP contribution >= 0.6 is 0 Å². The maximum atomic E-state index is 11.8. The number of nitrogen functional groups attached to an aromatic ring is 1. The van der Waals surface area contributed by atoms with Gasteiger partial charge in [-0.15, -0.1) is 6.58 Å². The Morgan fingerprint density at radius 3 is 2.59 bits per heavy atom. The summed E-state index contributed by atoms with van der Waals surface area (Å²) in [5.74, 6) is -0.00998. The number of amides is 1. The summed E-state index contributed by atoms with van der Waals surface area (Å²) in [4.78, 5) is 13.5. The van der Waals surface area contributed by atoms with E-state index < -0.39 is 0 Å². The molecule has 0 atom stereocenters. The van der Waals surface area contributed by atoms with Crippen LogP contribution < -0.4 is 5.73 Å². The van der Waals surface area contributed by atoms with E-state index in [4.69, 9.17) is 5.73 Å². The Labute approximate surface area is 102 Å². The topological polar surface area (TPSA) is 46.3 Å².